The third-order valence-electron chi connectivity index (χ3n) is 5.29. The highest BCUT2D eigenvalue weighted by molar-refractivity contribution is 5.95. The number of nitrogens with one attached hydrogen (secondary N) is 1. The van der Waals surface area contributed by atoms with Gasteiger partial charge in [-0.05, 0) is 69.2 Å². The number of benzene rings is 1. The van der Waals surface area contributed by atoms with Gasteiger partial charge in [-0.1, -0.05) is 13.8 Å². The fourth-order valence-electron chi connectivity index (χ4n) is 3.42. The van der Waals surface area contributed by atoms with E-state index in [1.165, 1.54) is 12.8 Å². The third-order valence-corrected chi connectivity index (χ3v) is 5.29. The lowest BCUT2D eigenvalue weighted by Gasteiger charge is -2.32. The van der Waals surface area contributed by atoms with E-state index in [0.717, 1.165) is 57.0 Å². The smallest absolute Gasteiger partial charge is 0.253 e. The van der Waals surface area contributed by atoms with E-state index in [2.05, 4.69) is 19.2 Å². The van der Waals surface area contributed by atoms with Crippen LogP contribution in [0.4, 0.5) is 0 Å². The number of carbonyl (C=O) groups excluding carboxylic acids is 1. The number of likely N-dealkylation sites (tertiary alicyclic amines) is 1. The number of nitrogens with zero attached hydrogens (tertiary/aromatic N) is 1. The molecule has 28 heavy (non-hydrogen) atoms. The molecule has 1 N–H and O–H groups in total. The van der Waals surface area contributed by atoms with Crippen molar-refractivity contribution in [1.29, 1.82) is 0 Å². The SMILES string of the molecule is CCCOc1ccc(C(=O)N2CCC(NCC3CC3)CC2)cc1OCCC.Cl. The number of amides is 1. The molecular formula is C22H35ClN2O3. The molecule has 0 bridgehead atoms. The molecule has 5 nitrogen and oxygen atoms in total. The molecule has 2 aliphatic rings. The standard InChI is InChI=1S/C22H34N2O3.ClH/c1-3-13-26-20-8-7-18(15-21(20)27-14-4-2)22(25)24-11-9-19(10-12-24)23-16-17-5-6-17;/h7-8,15,17,19,23H,3-6,9-14,16H2,1-2H3;1H. The van der Waals surface area contributed by atoms with Crippen molar-refractivity contribution >= 4 is 18.3 Å². The summed E-state index contributed by atoms with van der Waals surface area (Å²) in [4.78, 5) is 14.9. The molecule has 1 aliphatic carbocycles. The Labute approximate surface area is 175 Å². The van der Waals surface area contributed by atoms with Gasteiger partial charge in [0.15, 0.2) is 11.5 Å². The van der Waals surface area contributed by atoms with E-state index < -0.39 is 0 Å². The maximum absolute atomic E-state index is 12.9. The van der Waals surface area contributed by atoms with Gasteiger partial charge in [-0.15, -0.1) is 12.4 Å². The molecule has 2 fully saturated rings. The first kappa shape index (κ1) is 22.8. The Morgan fingerprint density at radius 1 is 1.04 bits per heavy atom. The molecule has 1 aromatic carbocycles. The Morgan fingerprint density at radius 3 is 2.29 bits per heavy atom. The number of piperidine rings is 1. The van der Waals surface area contributed by atoms with Crippen LogP contribution in [0.25, 0.3) is 0 Å². The molecule has 1 aliphatic heterocycles. The zero-order valence-corrected chi connectivity index (χ0v) is 18.1. The van der Waals surface area contributed by atoms with Crippen LogP contribution in [0, 0.1) is 5.92 Å². The Hall–Kier alpha value is -1.46. The normalized spacial score (nSPS) is 17.1. The van der Waals surface area contributed by atoms with Crippen LogP contribution in [-0.2, 0) is 0 Å². The van der Waals surface area contributed by atoms with Gasteiger partial charge >= 0.3 is 0 Å². The van der Waals surface area contributed by atoms with Crippen molar-refractivity contribution in [1.82, 2.24) is 10.2 Å². The van der Waals surface area contributed by atoms with Crippen molar-refractivity contribution in [2.75, 3.05) is 32.8 Å². The largest absolute Gasteiger partial charge is 0.490 e. The molecule has 1 heterocycles. The summed E-state index contributed by atoms with van der Waals surface area (Å²) < 4.78 is 11.6. The molecule has 1 saturated carbocycles. The lowest BCUT2D eigenvalue weighted by atomic mass is 10.0. The second-order valence-electron chi connectivity index (χ2n) is 7.78. The number of halogens is 1. The molecule has 3 rings (SSSR count). The lowest BCUT2D eigenvalue weighted by Crippen LogP contribution is -2.45. The van der Waals surface area contributed by atoms with Gasteiger partial charge in [0, 0.05) is 24.7 Å². The first-order valence-corrected chi connectivity index (χ1v) is 10.6. The van der Waals surface area contributed by atoms with Gasteiger partial charge in [-0.3, -0.25) is 4.79 Å². The van der Waals surface area contributed by atoms with Crippen LogP contribution in [0.15, 0.2) is 18.2 Å². The highest BCUT2D eigenvalue weighted by Gasteiger charge is 2.26. The summed E-state index contributed by atoms with van der Waals surface area (Å²) in [6.07, 6.45) is 6.70. The van der Waals surface area contributed by atoms with Crippen LogP contribution >= 0.6 is 12.4 Å². The van der Waals surface area contributed by atoms with Crippen LogP contribution in [0.1, 0.15) is 62.7 Å². The first-order chi connectivity index (χ1) is 13.2. The van der Waals surface area contributed by atoms with E-state index in [1.807, 2.05) is 23.1 Å². The summed E-state index contributed by atoms with van der Waals surface area (Å²) >= 11 is 0. The maximum atomic E-state index is 12.9. The molecule has 1 amide bonds. The summed E-state index contributed by atoms with van der Waals surface area (Å²) in [5, 5.41) is 3.67. The van der Waals surface area contributed by atoms with E-state index in [9.17, 15) is 4.79 Å². The minimum atomic E-state index is 0. The molecule has 0 spiro atoms. The van der Waals surface area contributed by atoms with Gasteiger partial charge in [-0.25, -0.2) is 0 Å². The number of hydrogen-bond acceptors (Lipinski definition) is 4. The Balaban J connectivity index is 0.00000280. The summed E-state index contributed by atoms with van der Waals surface area (Å²) in [6.45, 7) is 8.21. The number of carbonyl (C=O) groups is 1. The molecule has 0 atom stereocenters. The minimum Gasteiger partial charge on any atom is -0.490 e. The van der Waals surface area contributed by atoms with Gasteiger partial charge in [0.1, 0.15) is 0 Å². The van der Waals surface area contributed by atoms with Crippen molar-refractivity contribution in [3.05, 3.63) is 23.8 Å². The lowest BCUT2D eigenvalue weighted by molar-refractivity contribution is 0.0704. The second kappa shape index (κ2) is 11.5. The fraction of sp³-hybridized carbons (Fsp3) is 0.682. The van der Waals surface area contributed by atoms with Crippen molar-refractivity contribution in [2.45, 2.75) is 58.4 Å². The number of rotatable bonds is 10. The first-order valence-electron chi connectivity index (χ1n) is 10.6. The van der Waals surface area contributed by atoms with E-state index in [4.69, 9.17) is 9.47 Å². The molecule has 158 valence electrons. The Morgan fingerprint density at radius 2 is 1.68 bits per heavy atom. The monoisotopic (exact) mass is 410 g/mol. The minimum absolute atomic E-state index is 0. The molecular weight excluding hydrogens is 376 g/mol. The van der Waals surface area contributed by atoms with E-state index in [0.29, 0.717) is 30.6 Å². The van der Waals surface area contributed by atoms with Crippen molar-refractivity contribution < 1.29 is 14.3 Å². The molecule has 1 aromatic rings. The van der Waals surface area contributed by atoms with Gasteiger partial charge in [-0.2, -0.15) is 0 Å². The van der Waals surface area contributed by atoms with Gasteiger partial charge in [0.2, 0.25) is 0 Å². The molecule has 0 aromatic heterocycles. The van der Waals surface area contributed by atoms with Crippen LogP contribution in [0.3, 0.4) is 0 Å². The predicted octanol–water partition coefficient (Wildman–Crippen LogP) is 4.29. The topological polar surface area (TPSA) is 50.8 Å². The Kier molecular flexibility index (Phi) is 9.39. The number of ether oxygens (including phenoxy) is 2. The molecule has 0 radical (unpaired) electrons. The van der Waals surface area contributed by atoms with Crippen LogP contribution in [0.2, 0.25) is 0 Å². The third kappa shape index (κ3) is 6.56. The second-order valence-corrected chi connectivity index (χ2v) is 7.78. The van der Waals surface area contributed by atoms with Crippen LogP contribution in [-0.4, -0.2) is 49.7 Å². The van der Waals surface area contributed by atoms with Crippen LogP contribution in [0.5, 0.6) is 11.5 Å². The number of hydrogen-bond donors (Lipinski definition) is 1. The molecule has 1 saturated heterocycles. The van der Waals surface area contributed by atoms with Gasteiger partial charge in [0.25, 0.3) is 5.91 Å². The van der Waals surface area contributed by atoms with E-state index in [1.54, 1.807) is 0 Å². The molecule has 6 heteroatoms. The summed E-state index contributed by atoms with van der Waals surface area (Å²) in [5.74, 6) is 2.40. The summed E-state index contributed by atoms with van der Waals surface area (Å²) in [7, 11) is 0. The van der Waals surface area contributed by atoms with E-state index >= 15 is 0 Å². The fourth-order valence-corrected chi connectivity index (χ4v) is 3.42. The maximum Gasteiger partial charge on any atom is 0.253 e. The van der Waals surface area contributed by atoms with Crippen molar-refractivity contribution in [2.24, 2.45) is 5.92 Å². The Bertz CT molecular complexity index is 614. The van der Waals surface area contributed by atoms with Crippen molar-refractivity contribution in [3.8, 4) is 11.5 Å². The van der Waals surface area contributed by atoms with Crippen molar-refractivity contribution in [3.63, 3.8) is 0 Å². The summed E-state index contributed by atoms with van der Waals surface area (Å²) in [6, 6.07) is 6.14. The average Bonchev–Trinajstić information content (AvgIpc) is 3.54. The van der Waals surface area contributed by atoms with Gasteiger partial charge in [0.05, 0.1) is 13.2 Å². The van der Waals surface area contributed by atoms with E-state index in [-0.39, 0.29) is 18.3 Å². The highest BCUT2D eigenvalue weighted by Crippen LogP contribution is 2.30. The van der Waals surface area contributed by atoms with Crippen LogP contribution < -0.4 is 14.8 Å². The highest BCUT2D eigenvalue weighted by atomic mass is 35.5. The zero-order valence-electron chi connectivity index (χ0n) is 17.2. The van der Waals surface area contributed by atoms with Gasteiger partial charge < -0.3 is 19.7 Å². The average molecular weight is 411 g/mol. The summed E-state index contributed by atoms with van der Waals surface area (Å²) in [5.41, 5.74) is 0.689. The molecule has 0 unspecified atom stereocenters. The zero-order chi connectivity index (χ0) is 19.1. The quantitative estimate of drug-likeness (QED) is 0.625. The predicted molar refractivity (Wildman–Crippen MR) is 115 cm³/mol.